The Kier molecular flexibility index (Phi) is 3.55. The molecule has 2 fully saturated rings. The fraction of sp³-hybridized carbons (Fsp3) is 0.500. The van der Waals surface area contributed by atoms with Gasteiger partial charge in [-0.3, -0.25) is 4.90 Å². The Bertz CT molecular complexity index is 660. The summed E-state index contributed by atoms with van der Waals surface area (Å²) in [6.07, 6.45) is 5.58. The summed E-state index contributed by atoms with van der Waals surface area (Å²) in [4.78, 5) is 14.2. The van der Waals surface area contributed by atoms with Crippen LogP contribution in [0.3, 0.4) is 0 Å². The molecule has 3 heterocycles. The van der Waals surface area contributed by atoms with E-state index in [2.05, 4.69) is 47.8 Å². The van der Waals surface area contributed by atoms with E-state index in [-0.39, 0.29) is 0 Å². The predicted octanol–water partition coefficient (Wildman–Crippen LogP) is 3.07. The molecule has 1 aromatic carbocycles. The van der Waals surface area contributed by atoms with Gasteiger partial charge in [0.1, 0.15) is 12.1 Å². The van der Waals surface area contributed by atoms with Gasteiger partial charge in [-0.25, -0.2) is 9.97 Å². The number of hydrogen-bond donors (Lipinski definition) is 0. The molecule has 0 saturated carbocycles. The maximum atomic E-state index is 4.60. The molecule has 0 spiro atoms. The maximum Gasteiger partial charge on any atom is 0.139 e. The number of benzene rings is 1. The lowest BCUT2D eigenvalue weighted by molar-refractivity contribution is 0.273. The molecule has 0 bridgehead atoms. The first kappa shape index (κ1) is 13.5. The minimum atomic E-state index is 0.699. The molecule has 4 nitrogen and oxygen atoms in total. The zero-order chi connectivity index (χ0) is 14.2. The molecule has 0 amide bonds. The predicted molar refractivity (Wildman–Crippen MR) is 88.7 cm³/mol. The molecule has 1 atom stereocenters. The molecule has 2 aromatic rings. The van der Waals surface area contributed by atoms with E-state index in [1.165, 1.54) is 32.4 Å². The lowest BCUT2D eigenvalue weighted by atomic mass is 10.2. The molecule has 1 aromatic heterocycles. The van der Waals surface area contributed by atoms with E-state index in [0.717, 1.165) is 34.3 Å². The molecule has 0 radical (unpaired) electrons. The summed E-state index contributed by atoms with van der Waals surface area (Å²) in [6.45, 7) is 4.69. The molecule has 110 valence electrons. The van der Waals surface area contributed by atoms with Crippen LogP contribution in [-0.2, 0) is 0 Å². The summed E-state index contributed by atoms with van der Waals surface area (Å²) >= 11 is 3.60. The van der Waals surface area contributed by atoms with E-state index in [4.69, 9.17) is 0 Å². The van der Waals surface area contributed by atoms with Crippen molar-refractivity contribution in [3.8, 4) is 0 Å². The first-order valence-corrected chi connectivity index (χ1v) is 8.50. The van der Waals surface area contributed by atoms with Crippen molar-refractivity contribution in [2.24, 2.45) is 0 Å². The Morgan fingerprint density at radius 3 is 2.95 bits per heavy atom. The highest BCUT2D eigenvalue weighted by Gasteiger charge is 2.29. The number of halogens is 1. The van der Waals surface area contributed by atoms with Gasteiger partial charge in [0.2, 0.25) is 0 Å². The number of para-hydroxylation sites is 1. The topological polar surface area (TPSA) is 32.3 Å². The monoisotopic (exact) mass is 346 g/mol. The summed E-state index contributed by atoms with van der Waals surface area (Å²) in [5.74, 6) is 1.09. The second-order valence-corrected chi connectivity index (χ2v) is 6.82. The molecule has 2 saturated heterocycles. The van der Waals surface area contributed by atoms with Gasteiger partial charge in [-0.1, -0.05) is 6.07 Å². The van der Waals surface area contributed by atoms with Crippen LogP contribution in [0.1, 0.15) is 19.3 Å². The highest BCUT2D eigenvalue weighted by atomic mass is 79.9. The lowest BCUT2D eigenvalue weighted by Gasteiger charge is -2.27. The van der Waals surface area contributed by atoms with Crippen LogP contribution < -0.4 is 4.90 Å². The molecule has 4 rings (SSSR count). The van der Waals surface area contributed by atoms with Gasteiger partial charge in [-0.05, 0) is 53.9 Å². The van der Waals surface area contributed by atoms with Crippen molar-refractivity contribution < 1.29 is 0 Å². The highest BCUT2D eigenvalue weighted by Crippen LogP contribution is 2.30. The number of hydrogen-bond acceptors (Lipinski definition) is 4. The second kappa shape index (κ2) is 5.54. The standard InChI is InChI=1S/C16H19BrN4/c17-14-6-1-5-13-15(14)18-11-19-16(13)21-9-3-8-20-7-2-4-12(20)10-21/h1,5-6,11-12H,2-4,7-10H2/t12-/m1/s1. The van der Waals surface area contributed by atoms with Gasteiger partial charge in [0.15, 0.2) is 0 Å². The fourth-order valence-electron chi connectivity index (χ4n) is 3.69. The largest absolute Gasteiger partial charge is 0.354 e. The normalized spacial score (nSPS) is 23.3. The molecule has 21 heavy (non-hydrogen) atoms. The van der Waals surface area contributed by atoms with Gasteiger partial charge in [0, 0.05) is 35.5 Å². The van der Waals surface area contributed by atoms with Crippen LogP contribution >= 0.6 is 15.9 Å². The molecular formula is C16H19BrN4. The lowest BCUT2D eigenvalue weighted by Crippen LogP contribution is -2.37. The fourth-order valence-corrected chi connectivity index (χ4v) is 4.16. The van der Waals surface area contributed by atoms with Crippen molar-refractivity contribution in [1.29, 1.82) is 0 Å². The van der Waals surface area contributed by atoms with E-state index in [0.29, 0.717) is 6.04 Å². The average molecular weight is 347 g/mol. The van der Waals surface area contributed by atoms with Gasteiger partial charge >= 0.3 is 0 Å². The van der Waals surface area contributed by atoms with Crippen LogP contribution in [0, 0.1) is 0 Å². The molecular weight excluding hydrogens is 328 g/mol. The Labute approximate surface area is 133 Å². The van der Waals surface area contributed by atoms with Crippen LogP contribution in [0.5, 0.6) is 0 Å². The third kappa shape index (κ3) is 2.42. The van der Waals surface area contributed by atoms with Crippen LogP contribution in [-0.4, -0.2) is 47.1 Å². The first-order valence-electron chi connectivity index (χ1n) is 7.71. The Balaban J connectivity index is 1.74. The van der Waals surface area contributed by atoms with Crippen molar-refractivity contribution in [2.45, 2.75) is 25.3 Å². The average Bonchev–Trinajstić information content (AvgIpc) is 2.84. The van der Waals surface area contributed by atoms with Crippen molar-refractivity contribution in [2.75, 3.05) is 31.1 Å². The van der Waals surface area contributed by atoms with Crippen molar-refractivity contribution >= 4 is 32.7 Å². The van der Waals surface area contributed by atoms with Gasteiger partial charge in [0.05, 0.1) is 5.52 Å². The van der Waals surface area contributed by atoms with E-state index in [1.807, 2.05) is 6.07 Å². The van der Waals surface area contributed by atoms with E-state index in [9.17, 15) is 0 Å². The minimum Gasteiger partial charge on any atom is -0.354 e. The molecule has 5 heteroatoms. The Hall–Kier alpha value is -1.20. The smallest absolute Gasteiger partial charge is 0.139 e. The Morgan fingerprint density at radius 2 is 2.00 bits per heavy atom. The molecule has 2 aliphatic rings. The minimum absolute atomic E-state index is 0.699. The molecule has 0 unspecified atom stereocenters. The zero-order valence-electron chi connectivity index (χ0n) is 12.0. The molecule has 0 N–H and O–H groups in total. The third-order valence-electron chi connectivity index (χ3n) is 4.70. The number of nitrogens with zero attached hydrogens (tertiary/aromatic N) is 4. The van der Waals surface area contributed by atoms with Crippen LogP contribution in [0.15, 0.2) is 29.0 Å². The van der Waals surface area contributed by atoms with Crippen molar-refractivity contribution in [3.63, 3.8) is 0 Å². The van der Waals surface area contributed by atoms with Gasteiger partial charge in [-0.15, -0.1) is 0 Å². The summed E-state index contributed by atoms with van der Waals surface area (Å²) in [5, 5.41) is 1.15. The second-order valence-electron chi connectivity index (χ2n) is 5.96. The Morgan fingerprint density at radius 1 is 1.10 bits per heavy atom. The molecule has 0 aliphatic carbocycles. The summed E-state index contributed by atoms with van der Waals surface area (Å²) in [6, 6.07) is 6.94. The van der Waals surface area contributed by atoms with Gasteiger partial charge in [-0.2, -0.15) is 0 Å². The van der Waals surface area contributed by atoms with Crippen molar-refractivity contribution in [3.05, 3.63) is 29.0 Å². The van der Waals surface area contributed by atoms with E-state index in [1.54, 1.807) is 6.33 Å². The van der Waals surface area contributed by atoms with E-state index >= 15 is 0 Å². The maximum absolute atomic E-state index is 4.60. The summed E-state index contributed by atoms with van der Waals surface area (Å²) in [5.41, 5.74) is 1.01. The van der Waals surface area contributed by atoms with E-state index < -0.39 is 0 Å². The van der Waals surface area contributed by atoms with Crippen LogP contribution in [0.4, 0.5) is 5.82 Å². The zero-order valence-corrected chi connectivity index (χ0v) is 13.6. The summed E-state index contributed by atoms with van der Waals surface area (Å²) < 4.78 is 1.04. The summed E-state index contributed by atoms with van der Waals surface area (Å²) in [7, 11) is 0. The van der Waals surface area contributed by atoms with Crippen LogP contribution in [0.25, 0.3) is 10.9 Å². The van der Waals surface area contributed by atoms with Crippen molar-refractivity contribution in [1.82, 2.24) is 14.9 Å². The number of fused-ring (bicyclic) bond motifs is 2. The van der Waals surface area contributed by atoms with Gasteiger partial charge < -0.3 is 4.90 Å². The molecule has 2 aliphatic heterocycles. The quantitative estimate of drug-likeness (QED) is 0.794. The van der Waals surface area contributed by atoms with Gasteiger partial charge in [0.25, 0.3) is 0 Å². The SMILES string of the molecule is Brc1cccc2c(N3CCCN4CCC[C@@H]4C3)ncnc12. The number of anilines is 1. The number of aromatic nitrogens is 2. The third-order valence-corrected chi connectivity index (χ3v) is 5.34. The van der Waals surface area contributed by atoms with Crippen LogP contribution in [0.2, 0.25) is 0 Å². The highest BCUT2D eigenvalue weighted by molar-refractivity contribution is 9.10. The first-order chi connectivity index (χ1) is 10.3. The number of rotatable bonds is 1.